The maximum atomic E-state index is 12.2. The molecule has 0 aliphatic heterocycles. The standard InChI is InChI=1S/C18H13N5O6/c24-17(19-13-2-1-3-15(10-13)23(28)29)11-21-18(25)9-8-16(20-21)12-4-6-14(7-5-12)22(26)27/h1-10H,11H2,(H,19,24). The molecule has 1 N–H and O–H groups in total. The summed E-state index contributed by atoms with van der Waals surface area (Å²) < 4.78 is 0.934. The van der Waals surface area contributed by atoms with Crippen molar-refractivity contribution in [3.05, 3.63) is 91.2 Å². The molecule has 0 spiro atoms. The van der Waals surface area contributed by atoms with Crippen molar-refractivity contribution in [3.63, 3.8) is 0 Å². The second-order valence-electron chi connectivity index (χ2n) is 5.87. The van der Waals surface area contributed by atoms with Gasteiger partial charge in [0.1, 0.15) is 6.54 Å². The van der Waals surface area contributed by atoms with E-state index < -0.39 is 27.9 Å². The van der Waals surface area contributed by atoms with E-state index in [9.17, 15) is 29.8 Å². The smallest absolute Gasteiger partial charge is 0.271 e. The summed E-state index contributed by atoms with van der Waals surface area (Å²) in [4.78, 5) is 44.7. The molecule has 0 fully saturated rings. The monoisotopic (exact) mass is 395 g/mol. The molecular formula is C18H13N5O6. The van der Waals surface area contributed by atoms with Crippen LogP contribution >= 0.6 is 0 Å². The first kappa shape index (κ1) is 19.4. The quantitative estimate of drug-likeness (QED) is 0.497. The average Bonchev–Trinajstić information content (AvgIpc) is 2.70. The predicted octanol–water partition coefficient (Wildman–Crippen LogP) is 2.37. The van der Waals surface area contributed by atoms with Gasteiger partial charge in [-0.15, -0.1) is 0 Å². The molecule has 146 valence electrons. The van der Waals surface area contributed by atoms with Crippen LogP contribution in [-0.2, 0) is 11.3 Å². The van der Waals surface area contributed by atoms with Gasteiger partial charge in [-0.3, -0.25) is 29.8 Å². The summed E-state index contributed by atoms with van der Waals surface area (Å²) in [5.41, 5.74) is 0.302. The minimum absolute atomic E-state index is 0.0848. The van der Waals surface area contributed by atoms with Crippen molar-refractivity contribution in [2.75, 3.05) is 5.32 Å². The minimum Gasteiger partial charge on any atom is -0.324 e. The lowest BCUT2D eigenvalue weighted by atomic mass is 10.1. The topological polar surface area (TPSA) is 150 Å². The van der Waals surface area contributed by atoms with Crippen LogP contribution in [0.15, 0.2) is 65.5 Å². The number of carbonyl (C=O) groups excluding carboxylic acids is 1. The Bertz CT molecular complexity index is 1160. The van der Waals surface area contributed by atoms with Crippen molar-refractivity contribution in [1.29, 1.82) is 0 Å². The van der Waals surface area contributed by atoms with E-state index in [0.29, 0.717) is 11.3 Å². The SMILES string of the molecule is O=C(Cn1nc(-c2ccc([N+](=O)[O-])cc2)ccc1=O)Nc1cccc([N+](=O)[O-])c1. The van der Waals surface area contributed by atoms with Crippen LogP contribution in [0.4, 0.5) is 17.1 Å². The molecular weight excluding hydrogens is 382 g/mol. The summed E-state index contributed by atoms with van der Waals surface area (Å²) in [6.45, 7) is -0.414. The van der Waals surface area contributed by atoms with Crippen molar-refractivity contribution in [1.82, 2.24) is 9.78 Å². The molecule has 0 aliphatic rings. The predicted molar refractivity (Wildman–Crippen MR) is 102 cm³/mol. The van der Waals surface area contributed by atoms with Crippen LogP contribution in [0.2, 0.25) is 0 Å². The molecule has 0 unspecified atom stereocenters. The third-order valence-electron chi connectivity index (χ3n) is 3.87. The number of aromatic nitrogens is 2. The number of nitro benzene ring substituents is 2. The van der Waals surface area contributed by atoms with Gasteiger partial charge in [-0.05, 0) is 24.3 Å². The maximum absolute atomic E-state index is 12.2. The van der Waals surface area contributed by atoms with Gasteiger partial charge >= 0.3 is 0 Å². The van der Waals surface area contributed by atoms with E-state index in [0.717, 1.165) is 4.68 Å². The van der Waals surface area contributed by atoms with Gasteiger partial charge in [0.2, 0.25) is 5.91 Å². The van der Waals surface area contributed by atoms with E-state index in [1.807, 2.05) is 0 Å². The number of amides is 1. The van der Waals surface area contributed by atoms with E-state index in [-0.39, 0.29) is 17.1 Å². The zero-order chi connectivity index (χ0) is 21.0. The normalized spacial score (nSPS) is 10.3. The van der Waals surface area contributed by atoms with Crippen LogP contribution in [0.25, 0.3) is 11.3 Å². The van der Waals surface area contributed by atoms with Gasteiger partial charge in [0, 0.05) is 41.6 Å². The highest BCUT2D eigenvalue weighted by molar-refractivity contribution is 5.90. The summed E-state index contributed by atoms with van der Waals surface area (Å²) in [5.74, 6) is -0.596. The summed E-state index contributed by atoms with van der Waals surface area (Å²) >= 11 is 0. The Hall–Kier alpha value is -4.41. The third kappa shape index (κ3) is 4.66. The van der Waals surface area contributed by atoms with Crippen LogP contribution in [0.3, 0.4) is 0 Å². The molecule has 0 aliphatic carbocycles. The number of rotatable bonds is 6. The van der Waals surface area contributed by atoms with Crippen molar-refractivity contribution >= 4 is 23.0 Å². The second-order valence-corrected chi connectivity index (χ2v) is 5.87. The molecule has 0 saturated heterocycles. The number of hydrogen-bond acceptors (Lipinski definition) is 7. The van der Waals surface area contributed by atoms with Crippen LogP contribution in [0.5, 0.6) is 0 Å². The lowest BCUT2D eigenvalue weighted by Gasteiger charge is -2.08. The number of nitrogens with zero attached hydrogens (tertiary/aromatic N) is 4. The fraction of sp³-hybridized carbons (Fsp3) is 0.0556. The van der Waals surface area contributed by atoms with E-state index >= 15 is 0 Å². The highest BCUT2D eigenvalue weighted by Gasteiger charge is 2.12. The van der Waals surface area contributed by atoms with Gasteiger partial charge in [0.15, 0.2) is 0 Å². The first-order valence-electron chi connectivity index (χ1n) is 8.21. The molecule has 0 radical (unpaired) electrons. The van der Waals surface area contributed by atoms with Gasteiger partial charge in [0.25, 0.3) is 16.9 Å². The van der Waals surface area contributed by atoms with Crippen LogP contribution in [0, 0.1) is 20.2 Å². The van der Waals surface area contributed by atoms with Crippen molar-refractivity contribution in [2.45, 2.75) is 6.54 Å². The summed E-state index contributed by atoms with van der Waals surface area (Å²) in [7, 11) is 0. The Labute approximate surface area is 162 Å². The average molecular weight is 395 g/mol. The zero-order valence-electron chi connectivity index (χ0n) is 14.7. The Kier molecular flexibility index (Phi) is 5.39. The van der Waals surface area contributed by atoms with Gasteiger partial charge in [0.05, 0.1) is 15.5 Å². The molecule has 1 heterocycles. The first-order valence-corrected chi connectivity index (χ1v) is 8.21. The summed E-state index contributed by atoms with van der Waals surface area (Å²) in [5, 5.41) is 28.1. The van der Waals surface area contributed by atoms with Crippen molar-refractivity contribution < 1.29 is 14.6 Å². The van der Waals surface area contributed by atoms with Crippen LogP contribution in [-0.4, -0.2) is 25.5 Å². The highest BCUT2D eigenvalue weighted by atomic mass is 16.6. The van der Waals surface area contributed by atoms with Gasteiger partial charge < -0.3 is 5.32 Å². The largest absolute Gasteiger partial charge is 0.324 e. The zero-order valence-corrected chi connectivity index (χ0v) is 14.7. The molecule has 11 nitrogen and oxygen atoms in total. The lowest BCUT2D eigenvalue weighted by Crippen LogP contribution is -2.29. The van der Waals surface area contributed by atoms with E-state index in [1.54, 1.807) is 0 Å². The summed E-state index contributed by atoms with van der Waals surface area (Å²) in [6, 6.07) is 13.6. The number of carbonyl (C=O) groups is 1. The van der Waals surface area contributed by atoms with Gasteiger partial charge in [-0.2, -0.15) is 5.10 Å². The number of anilines is 1. The molecule has 0 saturated carbocycles. The minimum atomic E-state index is -0.596. The third-order valence-corrected chi connectivity index (χ3v) is 3.87. The van der Waals surface area contributed by atoms with Gasteiger partial charge in [-0.1, -0.05) is 6.07 Å². The molecule has 3 rings (SSSR count). The number of nitrogens with one attached hydrogen (secondary N) is 1. The Morgan fingerprint density at radius 2 is 1.66 bits per heavy atom. The van der Waals surface area contributed by atoms with Crippen molar-refractivity contribution in [2.24, 2.45) is 0 Å². The number of hydrogen-bond donors (Lipinski definition) is 1. The van der Waals surface area contributed by atoms with Crippen molar-refractivity contribution in [3.8, 4) is 11.3 Å². The van der Waals surface area contributed by atoms with E-state index in [2.05, 4.69) is 10.4 Å². The molecule has 11 heteroatoms. The van der Waals surface area contributed by atoms with Gasteiger partial charge in [-0.25, -0.2) is 4.68 Å². The number of non-ortho nitro benzene ring substituents is 2. The Morgan fingerprint density at radius 1 is 0.966 bits per heavy atom. The second kappa shape index (κ2) is 8.08. The maximum Gasteiger partial charge on any atom is 0.271 e. The highest BCUT2D eigenvalue weighted by Crippen LogP contribution is 2.20. The number of nitro groups is 2. The Morgan fingerprint density at radius 3 is 2.31 bits per heavy atom. The molecule has 2 aromatic carbocycles. The first-order chi connectivity index (χ1) is 13.8. The fourth-order valence-corrected chi connectivity index (χ4v) is 2.50. The number of benzene rings is 2. The molecule has 1 aromatic heterocycles. The van der Waals surface area contributed by atoms with E-state index in [1.165, 1.54) is 60.7 Å². The Balaban J connectivity index is 1.78. The molecule has 0 atom stereocenters. The van der Waals surface area contributed by atoms with Crippen LogP contribution in [0.1, 0.15) is 0 Å². The molecule has 3 aromatic rings. The molecule has 29 heavy (non-hydrogen) atoms. The molecule has 0 bridgehead atoms. The van der Waals surface area contributed by atoms with E-state index in [4.69, 9.17) is 0 Å². The lowest BCUT2D eigenvalue weighted by molar-refractivity contribution is -0.385. The fourth-order valence-electron chi connectivity index (χ4n) is 2.50. The summed E-state index contributed by atoms with van der Waals surface area (Å²) in [6.07, 6.45) is 0. The molecule has 1 amide bonds. The van der Waals surface area contributed by atoms with Crippen LogP contribution < -0.4 is 10.9 Å².